The molecule has 9 nitrogen and oxygen atoms in total. The Labute approximate surface area is 142 Å². The molecule has 10 heteroatoms. The topological polar surface area (TPSA) is 135 Å². The third-order valence-corrected chi connectivity index (χ3v) is 4.47. The van der Waals surface area contributed by atoms with Crippen LogP contribution in [0.15, 0.2) is 53.4 Å². The first-order valence-electron chi connectivity index (χ1n) is 6.88. The zero-order chi connectivity index (χ0) is 18.6. The fourth-order valence-corrected chi connectivity index (χ4v) is 2.92. The third-order valence-electron chi connectivity index (χ3n) is 3.02. The molecule has 0 aromatic heterocycles. The van der Waals surface area contributed by atoms with E-state index in [-0.39, 0.29) is 16.1 Å². The summed E-state index contributed by atoms with van der Waals surface area (Å²) in [6.45, 7) is 1.07. The molecule has 0 saturated carbocycles. The van der Waals surface area contributed by atoms with Crippen molar-refractivity contribution in [1.82, 2.24) is 4.72 Å². The summed E-state index contributed by atoms with van der Waals surface area (Å²) in [5.74, 6) is -1.30. The summed E-state index contributed by atoms with van der Waals surface area (Å²) in [6.07, 6.45) is 0. The van der Waals surface area contributed by atoms with E-state index in [0.29, 0.717) is 5.69 Å². The Morgan fingerprint density at radius 2 is 1.72 bits per heavy atom. The number of carbonyl (C=O) groups is 2. The Morgan fingerprint density at radius 3 is 2.28 bits per heavy atom. The van der Waals surface area contributed by atoms with Crippen LogP contribution in [0.1, 0.15) is 17.3 Å². The second kappa shape index (κ2) is 7.09. The molecule has 2 amide bonds. The van der Waals surface area contributed by atoms with Gasteiger partial charge in [-0.25, -0.2) is 13.1 Å². The Bertz CT molecular complexity index is 938. The summed E-state index contributed by atoms with van der Waals surface area (Å²) in [5.41, 5.74) is 0.159. The first-order valence-corrected chi connectivity index (χ1v) is 8.36. The van der Waals surface area contributed by atoms with Crippen molar-refractivity contribution in [1.29, 1.82) is 0 Å². The van der Waals surface area contributed by atoms with Crippen LogP contribution in [0.2, 0.25) is 0 Å². The number of hydrogen-bond acceptors (Lipinski definition) is 6. The predicted octanol–water partition coefficient (Wildman–Crippen LogP) is 1.67. The van der Waals surface area contributed by atoms with E-state index in [9.17, 15) is 28.1 Å². The van der Waals surface area contributed by atoms with E-state index >= 15 is 0 Å². The number of nitrogens with zero attached hydrogens (tertiary/aromatic N) is 1. The van der Waals surface area contributed by atoms with Crippen molar-refractivity contribution in [3.05, 3.63) is 64.2 Å². The van der Waals surface area contributed by atoms with Gasteiger partial charge in [0, 0.05) is 30.3 Å². The third kappa shape index (κ3) is 4.61. The normalized spacial score (nSPS) is 10.8. The molecule has 0 aliphatic carbocycles. The van der Waals surface area contributed by atoms with Gasteiger partial charge in [-0.3, -0.25) is 19.7 Å². The fraction of sp³-hybridized carbons (Fsp3) is 0.0667. The molecule has 0 spiro atoms. The zero-order valence-electron chi connectivity index (χ0n) is 12.9. The van der Waals surface area contributed by atoms with Crippen LogP contribution in [0.5, 0.6) is 0 Å². The van der Waals surface area contributed by atoms with Gasteiger partial charge < -0.3 is 5.32 Å². The molecule has 0 fully saturated rings. The number of amides is 2. The Kier molecular flexibility index (Phi) is 5.13. The van der Waals surface area contributed by atoms with Crippen molar-refractivity contribution in [2.75, 3.05) is 5.32 Å². The van der Waals surface area contributed by atoms with Crippen LogP contribution in [0.3, 0.4) is 0 Å². The molecule has 0 saturated heterocycles. The quantitative estimate of drug-likeness (QED) is 0.613. The number of non-ortho nitro benzene ring substituents is 1. The standard InChI is InChI=1S/C15H13N3O6S/c1-10(19)17-25(23,24)14-7-5-12(6-8-14)16-15(20)11-3-2-4-13(9-11)18(21)22/h2-9H,1H3,(H,16,20)(H,17,19). The maximum atomic E-state index is 12.1. The summed E-state index contributed by atoms with van der Waals surface area (Å²) >= 11 is 0. The van der Waals surface area contributed by atoms with E-state index in [1.807, 2.05) is 4.72 Å². The maximum Gasteiger partial charge on any atom is 0.270 e. The lowest BCUT2D eigenvalue weighted by molar-refractivity contribution is -0.384. The van der Waals surface area contributed by atoms with Gasteiger partial charge >= 0.3 is 0 Å². The van der Waals surface area contributed by atoms with Crippen LogP contribution in [0.25, 0.3) is 0 Å². The van der Waals surface area contributed by atoms with Crippen LogP contribution in [0, 0.1) is 10.1 Å². The molecule has 2 rings (SSSR count). The van der Waals surface area contributed by atoms with Crippen LogP contribution in [0.4, 0.5) is 11.4 Å². The van der Waals surface area contributed by atoms with Gasteiger partial charge in [0.25, 0.3) is 21.6 Å². The SMILES string of the molecule is CC(=O)NS(=O)(=O)c1ccc(NC(=O)c2cccc([N+](=O)[O-])c2)cc1. The minimum Gasteiger partial charge on any atom is -0.322 e. The minimum absolute atomic E-state index is 0.0872. The summed E-state index contributed by atoms with van der Waals surface area (Å²) in [5, 5.41) is 13.2. The molecule has 0 atom stereocenters. The van der Waals surface area contributed by atoms with E-state index < -0.39 is 26.8 Å². The lowest BCUT2D eigenvalue weighted by Gasteiger charge is -2.08. The van der Waals surface area contributed by atoms with E-state index in [1.54, 1.807) is 0 Å². The number of nitro benzene ring substituents is 1. The number of nitro groups is 1. The number of sulfonamides is 1. The molecule has 0 aliphatic rings. The molecular formula is C15H13N3O6S. The first-order chi connectivity index (χ1) is 11.7. The molecular weight excluding hydrogens is 350 g/mol. The smallest absolute Gasteiger partial charge is 0.270 e. The van der Waals surface area contributed by atoms with Gasteiger partial charge in [-0.1, -0.05) is 6.07 Å². The van der Waals surface area contributed by atoms with Crippen molar-refractivity contribution < 1.29 is 22.9 Å². The fourth-order valence-electron chi connectivity index (χ4n) is 1.93. The highest BCUT2D eigenvalue weighted by molar-refractivity contribution is 7.90. The molecule has 2 N–H and O–H groups in total. The minimum atomic E-state index is -3.96. The number of hydrogen-bond donors (Lipinski definition) is 2. The number of anilines is 1. The van der Waals surface area contributed by atoms with E-state index in [4.69, 9.17) is 0 Å². The molecule has 25 heavy (non-hydrogen) atoms. The number of rotatable bonds is 5. The zero-order valence-corrected chi connectivity index (χ0v) is 13.7. The lowest BCUT2D eigenvalue weighted by Crippen LogP contribution is -2.28. The van der Waals surface area contributed by atoms with Crippen molar-refractivity contribution >= 4 is 33.2 Å². The van der Waals surface area contributed by atoms with Gasteiger partial charge in [-0.2, -0.15) is 0 Å². The Balaban J connectivity index is 2.16. The Morgan fingerprint density at radius 1 is 1.08 bits per heavy atom. The average Bonchev–Trinajstić information content (AvgIpc) is 2.54. The molecule has 130 valence electrons. The van der Waals surface area contributed by atoms with Crippen LogP contribution < -0.4 is 10.0 Å². The van der Waals surface area contributed by atoms with Crippen molar-refractivity contribution in [3.8, 4) is 0 Å². The van der Waals surface area contributed by atoms with Gasteiger partial charge in [-0.15, -0.1) is 0 Å². The highest BCUT2D eigenvalue weighted by Gasteiger charge is 2.16. The van der Waals surface area contributed by atoms with Crippen LogP contribution >= 0.6 is 0 Å². The summed E-state index contributed by atoms with van der Waals surface area (Å²) < 4.78 is 25.5. The number of benzene rings is 2. The summed E-state index contributed by atoms with van der Waals surface area (Å²) in [4.78, 5) is 33.0. The Hall–Kier alpha value is -3.27. The van der Waals surface area contributed by atoms with E-state index in [1.165, 1.54) is 42.5 Å². The highest BCUT2D eigenvalue weighted by Crippen LogP contribution is 2.17. The van der Waals surface area contributed by atoms with Gasteiger partial charge in [0.05, 0.1) is 9.82 Å². The molecule has 2 aromatic rings. The molecule has 0 bridgehead atoms. The van der Waals surface area contributed by atoms with Crippen LogP contribution in [-0.2, 0) is 14.8 Å². The largest absolute Gasteiger partial charge is 0.322 e. The van der Waals surface area contributed by atoms with Crippen LogP contribution in [-0.4, -0.2) is 25.2 Å². The maximum absolute atomic E-state index is 12.1. The number of carbonyl (C=O) groups excluding carboxylic acids is 2. The molecule has 0 unspecified atom stereocenters. The van der Waals surface area contributed by atoms with E-state index in [0.717, 1.165) is 13.0 Å². The monoisotopic (exact) mass is 363 g/mol. The van der Waals surface area contributed by atoms with Gasteiger partial charge in [0.1, 0.15) is 0 Å². The molecule has 0 heterocycles. The molecule has 2 aromatic carbocycles. The van der Waals surface area contributed by atoms with Crippen molar-refractivity contribution in [3.63, 3.8) is 0 Å². The first kappa shape index (κ1) is 18.1. The second-order valence-corrected chi connectivity index (χ2v) is 6.63. The van der Waals surface area contributed by atoms with Gasteiger partial charge in [0.2, 0.25) is 5.91 Å². The summed E-state index contributed by atoms with van der Waals surface area (Å²) in [6, 6.07) is 10.3. The number of nitrogens with one attached hydrogen (secondary N) is 2. The second-order valence-electron chi connectivity index (χ2n) is 4.95. The lowest BCUT2D eigenvalue weighted by atomic mass is 10.2. The van der Waals surface area contributed by atoms with Gasteiger partial charge in [-0.05, 0) is 30.3 Å². The average molecular weight is 363 g/mol. The molecule has 0 aliphatic heterocycles. The van der Waals surface area contributed by atoms with E-state index in [2.05, 4.69) is 5.32 Å². The van der Waals surface area contributed by atoms with Crippen molar-refractivity contribution in [2.24, 2.45) is 0 Å². The highest BCUT2D eigenvalue weighted by atomic mass is 32.2. The van der Waals surface area contributed by atoms with Gasteiger partial charge in [0.15, 0.2) is 0 Å². The predicted molar refractivity (Wildman–Crippen MR) is 88.5 cm³/mol. The summed E-state index contributed by atoms with van der Waals surface area (Å²) in [7, 11) is -3.96. The molecule has 0 radical (unpaired) electrons. The van der Waals surface area contributed by atoms with Crippen molar-refractivity contribution in [2.45, 2.75) is 11.8 Å².